The topological polar surface area (TPSA) is 15.3 Å². The summed E-state index contributed by atoms with van der Waals surface area (Å²) in [7, 11) is 0. The molecular weight excluding hydrogens is 332 g/mol. The molecule has 1 atom stereocenters. The molecule has 1 heterocycles. The number of alkyl halides is 3. The normalized spacial score (nSPS) is 20.9. The highest BCUT2D eigenvalue weighted by molar-refractivity contribution is 5.85. The lowest BCUT2D eigenvalue weighted by atomic mass is 9.97. The van der Waals surface area contributed by atoms with Crippen molar-refractivity contribution >= 4 is 12.4 Å². The molecule has 1 saturated carbocycles. The Balaban J connectivity index is 0.00000192. The number of hydrogen-bond acceptors (Lipinski definition) is 2. The molecule has 3 rings (SSSR count). The molecule has 1 aliphatic carbocycles. The number of nitrogens with zero attached hydrogens (tertiary/aromatic N) is 1. The average molecular weight is 353 g/mol. The van der Waals surface area contributed by atoms with Gasteiger partial charge in [0.1, 0.15) is 5.82 Å². The number of rotatable bonds is 4. The number of hydrogen-bond donors (Lipinski definition) is 1. The summed E-state index contributed by atoms with van der Waals surface area (Å²) in [6, 6.07) is 3.43. The van der Waals surface area contributed by atoms with Crippen LogP contribution in [0.4, 0.5) is 17.6 Å². The van der Waals surface area contributed by atoms with Gasteiger partial charge in [-0.1, -0.05) is 18.9 Å². The molecule has 0 spiro atoms. The van der Waals surface area contributed by atoms with E-state index < -0.39 is 17.6 Å². The maximum atomic E-state index is 13.9. The van der Waals surface area contributed by atoms with Gasteiger partial charge in [-0.05, 0) is 30.0 Å². The van der Waals surface area contributed by atoms with Crippen molar-refractivity contribution in [3.8, 4) is 0 Å². The van der Waals surface area contributed by atoms with Crippen LogP contribution in [0.3, 0.4) is 0 Å². The van der Waals surface area contributed by atoms with Crippen molar-refractivity contribution in [2.24, 2.45) is 5.92 Å². The van der Waals surface area contributed by atoms with E-state index in [1.165, 1.54) is 18.9 Å². The van der Waals surface area contributed by atoms with E-state index in [1.54, 1.807) is 0 Å². The van der Waals surface area contributed by atoms with Gasteiger partial charge in [-0.2, -0.15) is 13.2 Å². The Bertz CT molecular complexity index is 525. The minimum absolute atomic E-state index is 0. The van der Waals surface area contributed by atoms with Gasteiger partial charge in [0.05, 0.1) is 5.56 Å². The Morgan fingerprint density at radius 2 is 1.83 bits per heavy atom. The maximum absolute atomic E-state index is 13.9. The lowest BCUT2D eigenvalue weighted by Crippen LogP contribution is -2.45. The molecule has 0 aromatic heterocycles. The Labute approximate surface area is 139 Å². The van der Waals surface area contributed by atoms with Gasteiger partial charge in [-0.3, -0.25) is 4.90 Å². The zero-order chi connectivity index (χ0) is 15.7. The quantitative estimate of drug-likeness (QED) is 0.824. The molecular formula is C16H21ClF4N2. The Kier molecular flexibility index (Phi) is 5.92. The van der Waals surface area contributed by atoms with E-state index in [1.807, 2.05) is 0 Å². The summed E-state index contributed by atoms with van der Waals surface area (Å²) in [5.74, 6) is -0.536. The van der Waals surface area contributed by atoms with Crippen LogP contribution >= 0.6 is 12.4 Å². The predicted molar refractivity (Wildman–Crippen MR) is 83.2 cm³/mol. The first kappa shape index (κ1) is 18.5. The van der Waals surface area contributed by atoms with Crippen molar-refractivity contribution in [2.45, 2.75) is 31.5 Å². The van der Waals surface area contributed by atoms with Gasteiger partial charge in [0, 0.05) is 32.2 Å². The summed E-state index contributed by atoms with van der Waals surface area (Å²) in [5.41, 5.74) is -0.513. The third kappa shape index (κ3) is 4.58. The SMILES string of the molecule is Cl.Fc1cc([C@H](CC2CC2)N2CCNCC2)ccc1C(F)(F)F. The van der Waals surface area contributed by atoms with Crippen LogP contribution in [0.1, 0.15) is 36.4 Å². The van der Waals surface area contributed by atoms with Gasteiger partial charge in [-0.25, -0.2) is 4.39 Å². The Morgan fingerprint density at radius 3 is 2.35 bits per heavy atom. The fraction of sp³-hybridized carbons (Fsp3) is 0.625. The van der Waals surface area contributed by atoms with Crippen LogP contribution < -0.4 is 5.32 Å². The molecule has 1 aliphatic heterocycles. The van der Waals surface area contributed by atoms with Crippen molar-refractivity contribution in [3.63, 3.8) is 0 Å². The van der Waals surface area contributed by atoms with Crippen LogP contribution in [0.25, 0.3) is 0 Å². The van der Waals surface area contributed by atoms with Crippen LogP contribution in [-0.2, 0) is 6.18 Å². The third-order valence-electron chi connectivity index (χ3n) is 4.53. The first-order valence-corrected chi connectivity index (χ1v) is 7.76. The molecule has 1 aromatic carbocycles. The van der Waals surface area contributed by atoms with Crippen molar-refractivity contribution in [3.05, 3.63) is 35.1 Å². The van der Waals surface area contributed by atoms with Gasteiger partial charge < -0.3 is 5.32 Å². The highest BCUT2D eigenvalue weighted by atomic mass is 35.5. The molecule has 2 aliphatic rings. The van der Waals surface area contributed by atoms with Crippen LogP contribution in [0, 0.1) is 11.7 Å². The Hall–Kier alpha value is -0.850. The summed E-state index contributed by atoms with van der Waals surface area (Å²) in [6.45, 7) is 3.43. The summed E-state index contributed by atoms with van der Waals surface area (Å²) >= 11 is 0. The second kappa shape index (κ2) is 7.36. The molecule has 1 saturated heterocycles. The number of piperazine rings is 1. The summed E-state index contributed by atoms with van der Waals surface area (Å²) in [5, 5.41) is 3.27. The maximum Gasteiger partial charge on any atom is 0.419 e. The highest BCUT2D eigenvalue weighted by Crippen LogP contribution is 2.41. The molecule has 0 unspecified atom stereocenters. The summed E-state index contributed by atoms with van der Waals surface area (Å²) in [4.78, 5) is 2.26. The minimum Gasteiger partial charge on any atom is -0.314 e. The molecule has 1 aromatic rings. The van der Waals surface area contributed by atoms with E-state index in [0.717, 1.165) is 44.7 Å². The molecule has 130 valence electrons. The standard InChI is InChI=1S/C16H20F4N2.ClH/c17-14-10-12(3-4-13(14)16(18,19)20)15(9-11-1-2-11)22-7-5-21-6-8-22;/h3-4,10-11,15,21H,1-2,5-9H2;1H/t15-;/m0./s1. The van der Waals surface area contributed by atoms with E-state index in [0.29, 0.717) is 11.5 Å². The molecule has 0 radical (unpaired) electrons. The molecule has 23 heavy (non-hydrogen) atoms. The molecule has 2 nitrogen and oxygen atoms in total. The van der Waals surface area contributed by atoms with E-state index in [4.69, 9.17) is 0 Å². The largest absolute Gasteiger partial charge is 0.419 e. The summed E-state index contributed by atoms with van der Waals surface area (Å²) < 4.78 is 52.0. The van der Waals surface area contributed by atoms with Crippen LogP contribution in [0.2, 0.25) is 0 Å². The first-order chi connectivity index (χ1) is 10.4. The van der Waals surface area contributed by atoms with Gasteiger partial charge in [0.2, 0.25) is 0 Å². The van der Waals surface area contributed by atoms with E-state index in [2.05, 4.69) is 10.2 Å². The van der Waals surface area contributed by atoms with Crippen molar-refractivity contribution < 1.29 is 17.6 Å². The molecule has 7 heteroatoms. The van der Waals surface area contributed by atoms with E-state index >= 15 is 0 Å². The van der Waals surface area contributed by atoms with E-state index in [-0.39, 0.29) is 18.4 Å². The van der Waals surface area contributed by atoms with Crippen molar-refractivity contribution in [2.75, 3.05) is 26.2 Å². The average Bonchev–Trinajstić information content (AvgIpc) is 3.28. The monoisotopic (exact) mass is 352 g/mol. The minimum atomic E-state index is -4.64. The fourth-order valence-corrected chi connectivity index (χ4v) is 3.13. The first-order valence-electron chi connectivity index (χ1n) is 7.76. The number of nitrogens with one attached hydrogen (secondary N) is 1. The highest BCUT2D eigenvalue weighted by Gasteiger charge is 2.35. The fourth-order valence-electron chi connectivity index (χ4n) is 3.13. The second-order valence-corrected chi connectivity index (χ2v) is 6.22. The third-order valence-corrected chi connectivity index (χ3v) is 4.53. The van der Waals surface area contributed by atoms with Crippen molar-refractivity contribution in [1.29, 1.82) is 0 Å². The predicted octanol–water partition coefficient (Wildman–Crippen LogP) is 4.01. The van der Waals surface area contributed by atoms with Crippen LogP contribution in [0.15, 0.2) is 18.2 Å². The Morgan fingerprint density at radius 1 is 1.17 bits per heavy atom. The molecule has 1 N–H and O–H groups in total. The molecule has 0 bridgehead atoms. The van der Waals surface area contributed by atoms with E-state index in [9.17, 15) is 17.6 Å². The zero-order valence-electron chi connectivity index (χ0n) is 12.7. The lowest BCUT2D eigenvalue weighted by molar-refractivity contribution is -0.140. The van der Waals surface area contributed by atoms with Crippen LogP contribution in [-0.4, -0.2) is 31.1 Å². The second-order valence-electron chi connectivity index (χ2n) is 6.22. The van der Waals surface area contributed by atoms with Gasteiger partial charge in [-0.15, -0.1) is 12.4 Å². The van der Waals surface area contributed by atoms with Crippen LogP contribution in [0.5, 0.6) is 0 Å². The zero-order valence-corrected chi connectivity index (χ0v) is 13.5. The summed E-state index contributed by atoms with van der Waals surface area (Å²) in [6.07, 6.45) is -1.38. The molecule has 0 amide bonds. The number of benzene rings is 1. The van der Waals surface area contributed by atoms with Gasteiger partial charge >= 0.3 is 6.18 Å². The van der Waals surface area contributed by atoms with Gasteiger partial charge in [0.15, 0.2) is 0 Å². The van der Waals surface area contributed by atoms with Crippen molar-refractivity contribution in [1.82, 2.24) is 10.2 Å². The molecule has 2 fully saturated rings. The smallest absolute Gasteiger partial charge is 0.314 e. The number of halogens is 5. The lowest BCUT2D eigenvalue weighted by Gasteiger charge is -2.35. The van der Waals surface area contributed by atoms with Gasteiger partial charge in [0.25, 0.3) is 0 Å².